The second kappa shape index (κ2) is 3.42. The first-order valence-corrected chi connectivity index (χ1v) is 6.54. The first-order chi connectivity index (χ1) is 7.24. The highest BCUT2D eigenvalue weighted by Crippen LogP contribution is 2.33. The number of nitrogens with zero attached hydrogens (tertiary/aromatic N) is 3. The molecule has 3 nitrogen and oxygen atoms in total. The van der Waals surface area contributed by atoms with E-state index in [0.717, 1.165) is 26.5 Å². The fourth-order valence-corrected chi connectivity index (χ4v) is 3.28. The van der Waals surface area contributed by atoms with Crippen molar-refractivity contribution in [1.29, 1.82) is 0 Å². The zero-order valence-electron chi connectivity index (χ0n) is 8.27. The minimum atomic E-state index is 0.633. The maximum absolute atomic E-state index is 4.54. The number of anilines is 1. The molecule has 2 aromatic heterocycles. The molecular formula is C10H10BrN3S. The number of aromatic nitrogens is 2. The minimum Gasteiger partial charge on any atom is -0.345 e. The van der Waals surface area contributed by atoms with E-state index in [-0.39, 0.29) is 0 Å². The third-order valence-corrected chi connectivity index (χ3v) is 4.23. The van der Waals surface area contributed by atoms with Crippen molar-refractivity contribution in [2.24, 2.45) is 0 Å². The Kier molecular flexibility index (Phi) is 2.17. The highest BCUT2D eigenvalue weighted by molar-refractivity contribution is 9.10. The summed E-state index contributed by atoms with van der Waals surface area (Å²) in [5, 5.41) is 1.11. The molecule has 1 atom stereocenters. The van der Waals surface area contributed by atoms with Gasteiger partial charge in [-0.1, -0.05) is 11.3 Å². The lowest BCUT2D eigenvalue weighted by molar-refractivity contribution is 0.481. The second-order valence-electron chi connectivity index (χ2n) is 3.80. The van der Waals surface area contributed by atoms with E-state index < -0.39 is 0 Å². The molecule has 1 saturated heterocycles. The Bertz CT molecular complexity index is 510. The molecule has 5 heteroatoms. The lowest BCUT2D eigenvalue weighted by Crippen LogP contribution is -2.45. The normalized spacial score (nSPS) is 20.7. The largest absolute Gasteiger partial charge is 0.345 e. The van der Waals surface area contributed by atoms with Crippen LogP contribution in [0.3, 0.4) is 0 Å². The van der Waals surface area contributed by atoms with Crippen LogP contribution in [0.15, 0.2) is 16.7 Å². The Morgan fingerprint density at radius 1 is 1.60 bits per heavy atom. The Morgan fingerprint density at radius 3 is 3.13 bits per heavy atom. The average Bonchev–Trinajstić information content (AvgIpc) is 2.57. The summed E-state index contributed by atoms with van der Waals surface area (Å²) in [6.45, 7) is 3.36. The summed E-state index contributed by atoms with van der Waals surface area (Å²) < 4.78 is 2.17. The van der Waals surface area contributed by atoms with Gasteiger partial charge in [-0.25, -0.2) is 4.98 Å². The summed E-state index contributed by atoms with van der Waals surface area (Å²) in [7, 11) is 0. The van der Waals surface area contributed by atoms with E-state index in [1.807, 2.05) is 0 Å². The number of hydrogen-bond acceptors (Lipinski definition) is 4. The van der Waals surface area contributed by atoms with Crippen molar-refractivity contribution in [3.05, 3.63) is 16.7 Å². The fourth-order valence-electron chi connectivity index (χ4n) is 1.71. The van der Waals surface area contributed by atoms with Crippen molar-refractivity contribution in [2.75, 3.05) is 11.4 Å². The van der Waals surface area contributed by atoms with Gasteiger partial charge in [-0.15, -0.1) is 0 Å². The molecule has 1 aliphatic heterocycles. The number of thiazole rings is 1. The van der Waals surface area contributed by atoms with Crippen molar-refractivity contribution in [3.63, 3.8) is 0 Å². The highest BCUT2D eigenvalue weighted by Gasteiger charge is 2.26. The second-order valence-corrected chi connectivity index (χ2v) is 5.73. The van der Waals surface area contributed by atoms with Gasteiger partial charge in [0.15, 0.2) is 10.8 Å². The van der Waals surface area contributed by atoms with E-state index in [1.165, 1.54) is 6.42 Å². The van der Waals surface area contributed by atoms with Crippen molar-refractivity contribution in [2.45, 2.75) is 19.4 Å². The Labute approximate surface area is 100 Å². The van der Waals surface area contributed by atoms with Crippen molar-refractivity contribution in [1.82, 2.24) is 9.97 Å². The van der Waals surface area contributed by atoms with Gasteiger partial charge in [0, 0.05) is 23.3 Å². The molecule has 0 aliphatic carbocycles. The van der Waals surface area contributed by atoms with Crippen molar-refractivity contribution in [3.8, 4) is 0 Å². The van der Waals surface area contributed by atoms with E-state index in [2.05, 4.69) is 43.8 Å². The first kappa shape index (κ1) is 9.54. The Balaban J connectivity index is 2.06. The third kappa shape index (κ3) is 1.54. The number of hydrogen-bond donors (Lipinski definition) is 0. The van der Waals surface area contributed by atoms with Gasteiger partial charge in [0.05, 0.1) is 4.70 Å². The molecule has 1 aliphatic rings. The third-order valence-electron chi connectivity index (χ3n) is 2.77. The van der Waals surface area contributed by atoms with Crippen LogP contribution in [-0.2, 0) is 0 Å². The molecule has 2 aromatic rings. The number of rotatable bonds is 1. The average molecular weight is 284 g/mol. The zero-order valence-corrected chi connectivity index (χ0v) is 10.7. The molecule has 78 valence electrons. The van der Waals surface area contributed by atoms with Crippen molar-refractivity contribution < 1.29 is 0 Å². The predicted octanol–water partition coefficient (Wildman–Crippen LogP) is 3.05. The standard InChI is InChI=1S/C10H10BrN3S/c1-6-2-3-14(6)10-13-9-8(15-10)4-7(11)5-12-9/h4-6H,2-3H2,1H3. The van der Waals surface area contributed by atoms with Crippen LogP contribution in [0.5, 0.6) is 0 Å². The Hall–Kier alpha value is -0.680. The van der Waals surface area contributed by atoms with E-state index in [9.17, 15) is 0 Å². The summed E-state index contributed by atoms with van der Waals surface area (Å²) in [6.07, 6.45) is 3.07. The molecule has 1 unspecified atom stereocenters. The van der Waals surface area contributed by atoms with Crippen LogP contribution in [0.25, 0.3) is 10.3 Å². The van der Waals surface area contributed by atoms with Crippen molar-refractivity contribution >= 4 is 42.7 Å². The van der Waals surface area contributed by atoms with Gasteiger partial charge in [0.1, 0.15) is 0 Å². The van der Waals surface area contributed by atoms with Crippen LogP contribution in [0.2, 0.25) is 0 Å². The Morgan fingerprint density at radius 2 is 2.47 bits per heavy atom. The van der Waals surface area contributed by atoms with Crippen LogP contribution in [0.1, 0.15) is 13.3 Å². The summed E-state index contributed by atoms with van der Waals surface area (Å²) in [4.78, 5) is 11.2. The van der Waals surface area contributed by atoms with Crippen LogP contribution >= 0.6 is 27.3 Å². The summed E-state index contributed by atoms with van der Waals surface area (Å²) in [5.74, 6) is 0. The topological polar surface area (TPSA) is 29.0 Å². The molecule has 0 N–H and O–H groups in total. The van der Waals surface area contributed by atoms with Gasteiger partial charge in [0.2, 0.25) is 0 Å². The molecule has 1 fully saturated rings. The lowest BCUT2D eigenvalue weighted by Gasteiger charge is -2.38. The molecular weight excluding hydrogens is 274 g/mol. The monoisotopic (exact) mass is 283 g/mol. The van der Waals surface area contributed by atoms with Gasteiger partial charge in [-0.05, 0) is 35.3 Å². The fraction of sp³-hybridized carbons (Fsp3) is 0.400. The maximum Gasteiger partial charge on any atom is 0.188 e. The van der Waals surface area contributed by atoms with Gasteiger partial charge in [-0.2, -0.15) is 4.98 Å². The quantitative estimate of drug-likeness (QED) is 0.806. The maximum atomic E-state index is 4.54. The number of pyridine rings is 1. The van der Waals surface area contributed by atoms with Gasteiger partial charge >= 0.3 is 0 Å². The van der Waals surface area contributed by atoms with E-state index in [1.54, 1.807) is 17.5 Å². The molecule has 0 saturated carbocycles. The van der Waals surface area contributed by atoms with Crippen LogP contribution in [0.4, 0.5) is 5.13 Å². The van der Waals surface area contributed by atoms with Crippen LogP contribution in [-0.4, -0.2) is 22.6 Å². The van der Waals surface area contributed by atoms with Gasteiger partial charge in [0.25, 0.3) is 0 Å². The van der Waals surface area contributed by atoms with Gasteiger partial charge < -0.3 is 4.90 Å². The van der Waals surface area contributed by atoms with E-state index >= 15 is 0 Å². The molecule has 3 heterocycles. The molecule has 15 heavy (non-hydrogen) atoms. The van der Waals surface area contributed by atoms with E-state index in [4.69, 9.17) is 0 Å². The first-order valence-electron chi connectivity index (χ1n) is 4.93. The lowest BCUT2D eigenvalue weighted by atomic mass is 10.1. The molecule has 0 aromatic carbocycles. The molecule has 0 radical (unpaired) electrons. The van der Waals surface area contributed by atoms with Crippen LogP contribution < -0.4 is 4.90 Å². The highest BCUT2D eigenvalue weighted by atomic mass is 79.9. The molecule has 0 amide bonds. The summed E-state index contributed by atoms with van der Waals surface area (Å²) in [6, 6.07) is 2.71. The van der Waals surface area contributed by atoms with Gasteiger partial charge in [-0.3, -0.25) is 0 Å². The minimum absolute atomic E-state index is 0.633. The summed E-state index contributed by atoms with van der Waals surface area (Å²) in [5.41, 5.74) is 0.859. The number of halogens is 1. The van der Waals surface area contributed by atoms with E-state index in [0.29, 0.717) is 6.04 Å². The molecule has 3 rings (SSSR count). The number of fused-ring (bicyclic) bond motifs is 1. The smallest absolute Gasteiger partial charge is 0.188 e. The molecule has 0 spiro atoms. The van der Waals surface area contributed by atoms with Crippen LogP contribution in [0, 0.1) is 0 Å². The SMILES string of the molecule is CC1CCN1c1nc2ncc(Br)cc2s1. The summed E-state index contributed by atoms with van der Waals surface area (Å²) >= 11 is 5.15. The molecule has 0 bridgehead atoms. The predicted molar refractivity (Wildman–Crippen MR) is 66.5 cm³/mol. The zero-order chi connectivity index (χ0) is 10.4.